The van der Waals surface area contributed by atoms with Crippen molar-refractivity contribution >= 4 is 28.9 Å². The molecule has 0 saturated carbocycles. The van der Waals surface area contributed by atoms with Crippen LogP contribution in [-0.4, -0.2) is 16.9 Å². The number of ether oxygens (including phenoxy) is 1. The molecule has 6 nitrogen and oxygen atoms in total. The van der Waals surface area contributed by atoms with E-state index in [1.165, 1.54) is 31.2 Å². The number of carbonyl (C=O) groups is 1. The largest absolute Gasteiger partial charge is 0.481 e. The molecule has 138 valence electrons. The highest BCUT2D eigenvalue weighted by molar-refractivity contribution is 6.30. The monoisotopic (exact) mass is 388 g/mol. The third-order valence-corrected chi connectivity index (χ3v) is 3.49. The molecule has 2 rings (SSSR count). The van der Waals surface area contributed by atoms with Crippen molar-refractivity contribution < 1.29 is 27.6 Å². The SMILES string of the molecule is C[C@H](Oc1cccc([N+](=O)[O-])c1)C(=O)Nc1ccc(Cl)cc1C(F)(F)F. The molecule has 10 heteroatoms. The summed E-state index contributed by atoms with van der Waals surface area (Å²) in [7, 11) is 0. The molecule has 0 aromatic heterocycles. The molecule has 0 fully saturated rings. The van der Waals surface area contributed by atoms with Crippen LogP contribution < -0.4 is 10.1 Å². The van der Waals surface area contributed by atoms with Gasteiger partial charge < -0.3 is 10.1 Å². The van der Waals surface area contributed by atoms with Gasteiger partial charge in [0.05, 0.1) is 22.2 Å². The number of alkyl halides is 3. The second-order valence-electron chi connectivity index (χ2n) is 5.19. The maximum absolute atomic E-state index is 13.0. The Balaban J connectivity index is 2.15. The van der Waals surface area contributed by atoms with Crippen molar-refractivity contribution in [2.75, 3.05) is 5.32 Å². The smallest absolute Gasteiger partial charge is 0.418 e. The zero-order valence-corrected chi connectivity index (χ0v) is 14.0. The summed E-state index contributed by atoms with van der Waals surface area (Å²) >= 11 is 5.58. The second kappa shape index (κ2) is 7.61. The zero-order valence-electron chi connectivity index (χ0n) is 13.2. The number of nitrogens with one attached hydrogen (secondary N) is 1. The Morgan fingerprint density at radius 3 is 2.58 bits per heavy atom. The lowest BCUT2D eigenvalue weighted by Gasteiger charge is -2.17. The highest BCUT2D eigenvalue weighted by Gasteiger charge is 2.34. The first-order chi connectivity index (χ1) is 12.1. The van der Waals surface area contributed by atoms with E-state index in [0.717, 1.165) is 12.1 Å². The summed E-state index contributed by atoms with van der Waals surface area (Å²) in [5.41, 5.74) is -1.81. The van der Waals surface area contributed by atoms with Crippen LogP contribution in [0.5, 0.6) is 5.75 Å². The first-order valence-corrected chi connectivity index (χ1v) is 7.54. The van der Waals surface area contributed by atoms with Crippen LogP contribution in [0.15, 0.2) is 42.5 Å². The van der Waals surface area contributed by atoms with Crippen molar-refractivity contribution in [3.8, 4) is 5.75 Å². The summed E-state index contributed by atoms with van der Waals surface area (Å²) in [6, 6.07) is 8.03. The molecule has 0 aliphatic carbocycles. The number of anilines is 1. The van der Waals surface area contributed by atoms with Gasteiger partial charge in [0.25, 0.3) is 11.6 Å². The molecular weight excluding hydrogens is 377 g/mol. The van der Waals surface area contributed by atoms with Gasteiger partial charge in [-0.1, -0.05) is 17.7 Å². The maximum atomic E-state index is 13.0. The summed E-state index contributed by atoms with van der Waals surface area (Å²) in [4.78, 5) is 22.2. The number of nitro groups is 1. The predicted octanol–water partition coefficient (Wildman–Crippen LogP) is 4.67. The Bertz CT molecular complexity index is 842. The normalized spacial score (nSPS) is 12.3. The van der Waals surface area contributed by atoms with E-state index in [9.17, 15) is 28.1 Å². The average Bonchev–Trinajstić information content (AvgIpc) is 2.55. The summed E-state index contributed by atoms with van der Waals surface area (Å²) in [5, 5.41) is 12.7. The number of rotatable bonds is 5. The predicted molar refractivity (Wildman–Crippen MR) is 88.3 cm³/mol. The lowest BCUT2D eigenvalue weighted by molar-refractivity contribution is -0.384. The molecule has 1 atom stereocenters. The average molecular weight is 389 g/mol. The minimum absolute atomic E-state index is 0.0361. The summed E-state index contributed by atoms with van der Waals surface area (Å²) < 4.78 is 44.4. The molecular formula is C16H12ClF3N2O4. The van der Waals surface area contributed by atoms with Crippen molar-refractivity contribution in [1.82, 2.24) is 0 Å². The molecule has 0 unspecified atom stereocenters. The van der Waals surface area contributed by atoms with E-state index in [0.29, 0.717) is 6.07 Å². The van der Waals surface area contributed by atoms with Crippen LogP contribution in [-0.2, 0) is 11.0 Å². The Kier molecular flexibility index (Phi) is 5.71. The van der Waals surface area contributed by atoms with Gasteiger partial charge in [-0.25, -0.2) is 0 Å². The molecule has 0 spiro atoms. The van der Waals surface area contributed by atoms with Crippen molar-refractivity contribution in [2.24, 2.45) is 0 Å². The summed E-state index contributed by atoms with van der Waals surface area (Å²) in [5.74, 6) is -0.821. The van der Waals surface area contributed by atoms with E-state index < -0.39 is 34.4 Å². The van der Waals surface area contributed by atoms with Crippen molar-refractivity contribution in [3.05, 3.63) is 63.2 Å². The van der Waals surface area contributed by atoms with Crippen LogP contribution in [0, 0.1) is 10.1 Å². The minimum Gasteiger partial charge on any atom is -0.481 e. The number of carbonyl (C=O) groups excluding carboxylic acids is 1. The molecule has 1 N–H and O–H groups in total. The van der Waals surface area contributed by atoms with E-state index in [4.69, 9.17) is 16.3 Å². The number of hydrogen-bond donors (Lipinski definition) is 1. The first kappa shape index (κ1) is 19.5. The lowest BCUT2D eigenvalue weighted by atomic mass is 10.1. The van der Waals surface area contributed by atoms with Crippen molar-refractivity contribution in [1.29, 1.82) is 0 Å². The van der Waals surface area contributed by atoms with Crippen LogP contribution in [0.4, 0.5) is 24.5 Å². The molecule has 0 radical (unpaired) electrons. The van der Waals surface area contributed by atoms with Gasteiger partial charge in [-0.15, -0.1) is 0 Å². The fraction of sp³-hybridized carbons (Fsp3) is 0.188. The summed E-state index contributed by atoms with van der Waals surface area (Å²) in [6.07, 6.45) is -5.91. The van der Waals surface area contributed by atoms with E-state index in [-0.39, 0.29) is 16.5 Å². The Hall–Kier alpha value is -2.81. The van der Waals surface area contributed by atoms with Crippen LogP contribution in [0.1, 0.15) is 12.5 Å². The Morgan fingerprint density at radius 1 is 1.27 bits per heavy atom. The molecule has 26 heavy (non-hydrogen) atoms. The van der Waals surface area contributed by atoms with Gasteiger partial charge in [-0.05, 0) is 31.2 Å². The number of benzene rings is 2. The molecule has 0 aliphatic rings. The molecule has 0 aliphatic heterocycles. The lowest BCUT2D eigenvalue weighted by Crippen LogP contribution is -2.31. The maximum Gasteiger partial charge on any atom is 0.418 e. The van der Waals surface area contributed by atoms with Gasteiger partial charge in [-0.3, -0.25) is 14.9 Å². The third kappa shape index (κ3) is 4.85. The Morgan fingerprint density at radius 2 is 1.96 bits per heavy atom. The van der Waals surface area contributed by atoms with Crippen molar-refractivity contribution in [2.45, 2.75) is 19.2 Å². The van der Waals surface area contributed by atoms with E-state index in [2.05, 4.69) is 5.32 Å². The third-order valence-electron chi connectivity index (χ3n) is 3.26. The number of hydrogen-bond acceptors (Lipinski definition) is 4. The van der Waals surface area contributed by atoms with Gasteiger partial charge in [0, 0.05) is 11.1 Å². The summed E-state index contributed by atoms with van der Waals surface area (Å²) in [6.45, 7) is 1.30. The highest BCUT2D eigenvalue weighted by Crippen LogP contribution is 2.36. The fourth-order valence-corrected chi connectivity index (χ4v) is 2.19. The van der Waals surface area contributed by atoms with E-state index in [1.54, 1.807) is 0 Å². The molecule has 2 aromatic rings. The first-order valence-electron chi connectivity index (χ1n) is 7.16. The number of halogens is 4. The quantitative estimate of drug-likeness (QED) is 0.596. The standard InChI is InChI=1S/C16H12ClF3N2O4/c1-9(26-12-4-2-3-11(8-12)22(24)25)15(23)21-14-6-5-10(17)7-13(14)16(18,19)20/h2-9H,1H3,(H,21,23)/t9-/m0/s1. The van der Waals surface area contributed by atoms with Crippen LogP contribution in [0.2, 0.25) is 5.02 Å². The number of amides is 1. The molecule has 0 bridgehead atoms. The fourth-order valence-electron chi connectivity index (χ4n) is 2.02. The zero-order chi connectivity index (χ0) is 19.5. The minimum atomic E-state index is -4.71. The molecule has 0 saturated heterocycles. The van der Waals surface area contributed by atoms with Gasteiger partial charge in [-0.2, -0.15) is 13.2 Å². The van der Waals surface area contributed by atoms with E-state index >= 15 is 0 Å². The number of nitro benzene ring substituents is 1. The number of non-ortho nitro benzene ring substituents is 1. The van der Waals surface area contributed by atoms with Crippen LogP contribution >= 0.6 is 11.6 Å². The molecule has 0 heterocycles. The van der Waals surface area contributed by atoms with Crippen LogP contribution in [0.25, 0.3) is 0 Å². The van der Waals surface area contributed by atoms with Gasteiger partial charge >= 0.3 is 6.18 Å². The van der Waals surface area contributed by atoms with E-state index in [1.807, 2.05) is 0 Å². The number of nitrogens with zero attached hydrogens (tertiary/aromatic N) is 1. The molecule has 2 aromatic carbocycles. The van der Waals surface area contributed by atoms with Gasteiger partial charge in [0.15, 0.2) is 6.10 Å². The topological polar surface area (TPSA) is 81.5 Å². The Labute approximate surface area is 150 Å². The van der Waals surface area contributed by atoms with Crippen molar-refractivity contribution in [3.63, 3.8) is 0 Å². The molecule has 1 amide bonds. The second-order valence-corrected chi connectivity index (χ2v) is 5.63. The highest BCUT2D eigenvalue weighted by atomic mass is 35.5. The van der Waals surface area contributed by atoms with Gasteiger partial charge in [0.2, 0.25) is 0 Å². The van der Waals surface area contributed by atoms with Gasteiger partial charge in [0.1, 0.15) is 5.75 Å². The van der Waals surface area contributed by atoms with Crippen LogP contribution in [0.3, 0.4) is 0 Å².